The van der Waals surface area contributed by atoms with Gasteiger partial charge in [-0.2, -0.15) is 0 Å². The van der Waals surface area contributed by atoms with Crippen molar-refractivity contribution in [3.05, 3.63) is 21.2 Å². The summed E-state index contributed by atoms with van der Waals surface area (Å²) in [6, 6.07) is 0. The van der Waals surface area contributed by atoms with E-state index >= 15 is 0 Å². The number of anilines is 1. The van der Waals surface area contributed by atoms with Gasteiger partial charge in [0.25, 0.3) is 5.56 Å². The number of unbranched alkanes of at least 4 members (excludes halogenated alkanes) is 1. The summed E-state index contributed by atoms with van der Waals surface area (Å²) >= 11 is 3.16. The van der Waals surface area contributed by atoms with Crippen LogP contribution in [0.2, 0.25) is 0 Å². The molecule has 0 aliphatic rings. The molecule has 0 saturated carbocycles. The standard InChI is InChI=1S/C10H16BrN3O2/c1-2-3-5-16-6-4-12-9-8(11)10(15)14-7-13-9/h7H,2-6H2,1H3,(H2,12,13,14,15). The monoisotopic (exact) mass is 289 g/mol. The van der Waals surface area contributed by atoms with Gasteiger partial charge in [-0.05, 0) is 22.4 Å². The molecule has 5 nitrogen and oxygen atoms in total. The van der Waals surface area contributed by atoms with E-state index in [0.29, 0.717) is 23.4 Å². The minimum Gasteiger partial charge on any atom is -0.380 e. The molecule has 6 heteroatoms. The Morgan fingerprint density at radius 2 is 2.38 bits per heavy atom. The summed E-state index contributed by atoms with van der Waals surface area (Å²) in [7, 11) is 0. The minimum atomic E-state index is -0.190. The first-order chi connectivity index (χ1) is 7.75. The number of aromatic nitrogens is 2. The molecule has 90 valence electrons. The van der Waals surface area contributed by atoms with Gasteiger partial charge in [0, 0.05) is 13.2 Å². The van der Waals surface area contributed by atoms with Crippen molar-refractivity contribution in [2.24, 2.45) is 0 Å². The molecular weight excluding hydrogens is 274 g/mol. The highest BCUT2D eigenvalue weighted by Crippen LogP contribution is 2.12. The number of halogens is 1. The molecule has 0 spiro atoms. The maximum Gasteiger partial charge on any atom is 0.267 e. The molecule has 0 aliphatic heterocycles. The quantitative estimate of drug-likeness (QED) is 0.751. The maximum absolute atomic E-state index is 11.2. The Morgan fingerprint density at radius 3 is 3.12 bits per heavy atom. The maximum atomic E-state index is 11.2. The van der Waals surface area contributed by atoms with Crippen molar-refractivity contribution < 1.29 is 4.74 Å². The van der Waals surface area contributed by atoms with E-state index in [1.54, 1.807) is 0 Å². The van der Waals surface area contributed by atoms with Crippen LogP contribution in [0.3, 0.4) is 0 Å². The topological polar surface area (TPSA) is 67.0 Å². The Labute approximate surface area is 103 Å². The first kappa shape index (κ1) is 13.2. The highest BCUT2D eigenvalue weighted by molar-refractivity contribution is 9.10. The molecule has 0 aliphatic carbocycles. The lowest BCUT2D eigenvalue weighted by atomic mass is 10.4. The Kier molecular flexibility index (Phi) is 6.10. The second-order valence-electron chi connectivity index (χ2n) is 3.29. The van der Waals surface area contributed by atoms with Crippen LogP contribution in [0.1, 0.15) is 19.8 Å². The molecule has 0 saturated heterocycles. The largest absolute Gasteiger partial charge is 0.380 e. The van der Waals surface area contributed by atoms with Crippen LogP contribution in [0, 0.1) is 0 Å². The predicted molar refractivity (Wildman–Crippen MR) is 66.8 cm³/mol. The average Bonchev–Trinajstić information content (AvgIpc) is 2.29. The number of ether oxygens (including phenoxy) is 1. The Hall–Kier alpha value is -0.880. The number of H-pyrrole nitrogens is 1. The van der Waals surface area contributed by atoms with Gasteiger partial charge in [0.15, 0.2) is 0 Å². The SMILES string of the molecule is CCCCOCCNc1nc[nH]c(=O)c1Br. The summed E-state index contributed by atoms with van der Waals surface area (Å²) < 4.78 is 5.79. The van der Waals surface area contributed by atoms with Crippen molar-refractivity contribution in [3.63, 3.8) is 0 Å². The van der Waals surface area contributed by atoms with Gasteiger partial charge in [-0.3, -0.25) is 4.79 Å². The molecule has 1 aromatic rings. The number of aromatic amines is 1. The highest BCUT2D eigenvalue weighted by atomic mass is 79.9. The lowest BCUT2D eigenvalue weighted by molar-refractivity contribution is 0.141. The smallest absolute Gasteiger partial charge is 0.267 e. The minimum absolute atomic E-state index is 0.190. The zero-order chi connectivity index (χ0) is 11.8. The zero-order valence-electron chi connectivity index (χ0n) is 9.25. The predicted octanol–water partition coefficient (Wildman–Crippen LogP) is 1.76. The van der Waals surface area contributed by atoms with E-state index in [0.717, 1.165) is 19.4 Å². The van der Waals surface area contributed by atoms with Crippen LogP contribution in [0.25, 0.3) is 0 Å². The Bertz CT molecular complexity index is 367. The van der Waals surface area contributed by atoms with E-state index in [-0.39, 0.29) is 5.56 Å². The fourth-order valence-corrected chi connectivity index (χ4v) is 1.45. The molecule has 0 atom stereocenters. The van der Waals surface area contributed by atoms with Crippen LogP contribution in [0.15, 0.2) is 15.6 Å². The Balaban J connectivity index is 2.27. The van der Waals surface area contributed by atoms with E-state index in [2.05, 4.69) is 38.1 Å². The summed E-state index contributed by atoms with van der Waals surface area (Å²) in [6.07, 6.45) is 3.58. The van der Waals surface area contributed by atoms with Crippen LogP contribution in [-0.2, 0) is 4.74 Å². The van der Waals surface area contributed by atoms with Gasteiger partial charge < -0.3 is 15.0 Å². The van der Waals surface area contributed by atoms with Crippen molar-refractivity contribution in [2.45, 2.75) is 19.8 Å². The van der Waals surface area contributed by atoms with Gasteiger partial charge in [0.2, 0.25) is 0 Å². The molecule has 0 fully saturated rings. The summed E-state index contributed by atoms with van der Waals surface area (Å²) in [6.45, 7) is 4.15. The fraction of sp³-hybridized carbons (Fsp3) is 0.600. The molecule has 1 rings (SSSR count). The first-order valence-corrected chi connectivity index (χ1v) is 6.09. The number of hydrogen-bond donors (Lipinski definition) is 2. The van der Waals surface area contributed by atoms with Crippen LogP contribution in [0.4, 0.5) is 5.82 Å². The van der Waals surface area contributed by atoms with E-state index in [1.807, 2.05) is 0 Å². The molecule has 2 N–H and O–H groups in total. The second-order valence-corrected chi connectivity index (χ2v) is 4.08. The molecule has 0 unspecified atom stereocenters. The van der Waals surface area contributed by atoms with E-state index < -0.39 is 0 Å². The average molecular weight is 290 g/mol. The highest BCUT2D eigenvalue weighted by Gasteiger charge is 2.03. The van der Waals surface area contributed by atoms with Crippen LogP contribution < -0.4 is 10.9 Å². The van der Waals surface area contributed by atoms with E-state index in [1.165, 1.54) is 6.33 Å². The second kappa shape index (κ2) is 7.40. The van der Waals surface area contributed by atoms with Crippen molar-refractivity contribution in [3.8, 4) is 0 Å². The van der Waals surface area contributed by atoms with Crippen LogP contribution in [0.5, 0.6) is 0 Å². The normalized spacial score (nSPS) is 10.4. The molecule has 1 heterocycles. The van der Waals surface area contributed by atoms with Crippen LogP contribution in [-0.4, -0.2) is 29.7 Å². The summed E-state index contributed by atoms with van der Waals surface area (Å²) in [4.78, 5) is 17.7. The van der Waals surface area contributed by atoms with Crippen molar-refractivity contribution >= 4 is 21.7 Å². The number of nitrogens with zero attached hydrogens (tertiary/aromatic N) is 1. The van der Waals surface area contributed by atoms with E-state index in [4.69, 9.17) is 4.74 Å². The number of hydrogen-bond acceptors (Lipinski definition) is 4. The van der Waals surface area contributed by atoms with Gasteiger partial charge in [0.1, 0.15) is 10.3 Å². The summed E-state index contributed by atoms with van der Waals surface area (Å²) in [5.74, 6) is 0.544. The van der Waals surface area contributed by atoms with Crippen molar-refractivity contribution in [2.75, 3.05) is 25.1 Å². The van der Waals surface area contributed by atoms with Gasteiger partial charge in [-0.1, -0.05) is 13.3 Å². The van der Waals surface area contributed by atoms with Gasteiger partial charge >= 0.3 is 0 Å². The summed E-state index contributed by atoms with van der Waals surface area (Å²) in [5.41, 5.74) is -0.190. The number of nitrogens with one attached hydrogen (secondary N) is 2. The lowest BCUT2D eigenvalue weighted by Crippen LogP contribution is -2.15. The van der Waals surface area contributed by atoms with Crippen LogP contribution >= 0.6 is 15.9 Å². The number of rotatable bonds is 7. The van der Waals surface area contributed by atoms with Gasteiger partial charge in [0.05, 0.1) is 12.9 Å². The lowest BCUT2D eigenvalue weighted by Gasteiger charge is -2.06. The molecule has 0 bridgehead atoms. The molecule has 1 aromatic heterocycles. The fourth-order valence-electron chi connectivity index (χ4n) is 1.10. The molecule has 0 radical (unpaired) electrons. The first-order valence-electron chi connectivity index (χ1n) is 5.30. The van der Waals surface area contributed by atoms with Gasteiger partial charge in [-0.25, -0.2) is 4.98 Å². The van der Waals surface area contributed by atoms with E-state index in [9.17, 15) is 4.79 Å². The molecular formula is C10H16BrN3O2. The third kappa shape index (κ3) is 4.32. The third-order valence-electron chi connectivity index (χ3n) is 1.98. The zero-order valence-corrected chi connectivity index (χ0v) is 10.8. The molecule has 0 amide bonds. The van der Waals surface area contributed by atoms with Crippen molar-refractivity contribution in [1.82, 2.24) is 9.97 Å². The van der Waals surface area contributed by atoms with Crippen molar-refractivity contribution in [1.29, 1.82) is 0 Å². The summed E-state index contributed by atoms with van der Waals surface area (Å²) in [5, 5.41) is 3.03. The Morgan fingerprint density at radius 1 is 1.56 bits per heavy atom. The van der Waals surface area contributed by atoms with Gasteiger partial charge in [-0.15, -0.1) is 0 Å². The third-order valence-corrected chi connectivity index (χ3v) is 2.71. The molecule has 16 heavy (non-hydrogen) atoms. The molecule has 0 aromatic carbocycles.